The molecule has 42 nitrogen and oxygen atoms in total. The lowest BCUT2D eigenvalue weighted by molar-refractivity contribution is -0.416. The highest BCUT2D eigenvalue weighted by Gasteiger charge is 2.62. The number of carboxylic acid groups (broad SMARTS) is 3. The van der Waals surface area contributed by atoms with Gasteiger partial charge >= 0.3 is 5.97 Å². The molecule has 5 saturated heterocycles. The average Bonchev–Trinajstić information content (AvgIpc) is 0.753. The van der Waals surface area contributed by atoms with Gasteiger partial charge in [-0.3, -0.25) is 24.0 Å². The van der Waals surface area contributed by atoms with E-state index in [0.717, 1.165) is 59.8 Å². The number of amides is 4. The number of allylic oxidation sites excluding steroid dienone is 1. The first kappa shape index (κ1) is 93.1. The van der Waals surface area contributed by atoms with Crippen molar-refractivity contribution in [2.75, 3.05) is 39.6 Å². The molecule has 0 unspecified atom stereocenters. The minimum absolute atomic E-state index is 0.278. The second-order valence-electron chi connectivity index (χ2n) is 27.4. The van der Waals surface area contributed by atoms with Crippen LogP contribution < -0.4 is 36.6 Å². The number of unbranched alkanes of at least 4 members (excludes halogenated alkanes) is 11. The van der Waals surface area contributed by atoms with Crippen molar-refractivity contribution in [2.45, 2.75) is 313 Å². The summed E-state index contributed by atoms with van der Waals surface area (Å²) in [5.74, 6) is -22.8. The predicted octanol–water partition coefficient (Wildman–Crippen LogP) is -12.6. The Hall–Kier alpha value is -5.54. The lowest BCUT2D eigenvalue weighted by Gasteiger charge is -2.53. The summed E-state index contributed by atoms with van der Waals surface area (Å²) >= 11 is 0. The van der Waals surface area contributed by atoms with E-state index in [1.54, 1.807) is 6.08 Å². The van der Waals surface area contributed by atoms with Crippen molar-refractivity contribution in [1.82, 2.24) is 21.3 Å². The average molecular weight is 1560 g/mol. The SMILES string of the molecule is CCCCCCCCCCCCC/C=C/[C@@H](O)[C@H](CO[C@@H]1O[C@H](CO)[C@@H](O[C@@H]2O[C@H](CO)[C@H](O)[C@H](O[C@]3(C(=O)[O-])C[C@H](O)[C@@H](NC(C)=O)[C@H]([C@H](O)[C@@H](CO)O[C@]4(C(=O)[O-])C[C@H](O)[C@@H](NC(C)=O)[C@H]([C@H](O)[C@@H](CO)O[C@]5(C(=O)[O-])C[C@H](O)[C@@H](NC(C)=O)[C@H]([C@H](OC(C)=O)[C@H](O)CO)O5)O4)O3)[C@H]2O)[C@H](O)[C@H]1O)NC=O. The molecule has 0 aromatic heterocycles. The Morgan fingerprint density at radius 1 is 0.537 bits per heavy atom. The Balaban J connectivity index is 1.40. The molecule has 0 saturated carbocycles. The number of aliphatic hydroxyl groups is 16. The van der Waals surface area contributed by atoms with Crippen molar-refractivity contribution < 1.29 is 187 Å². The zero-order valence-corrected chi connectivity index (χ0v) is 60.3. The maximum atomic E-state index is 13.6. The minimum atomic E-state index is -3.73. The fraction of sp³-hybridized carbons (Fsp3) is 0.848. The molecule has 108 heavy (non-hydrogen) atoms. The number of ether oxygens (including phenoxy) is 11. The highest BCUT2D eigenvalue weighted by atomic mass is 16.8. The molecule has 0 spiro atoms. The molecule has 20 N–H and O–H groups in total. The largest absolute Gasteiger partial charge is 0.544 e. The van der Waals surface area contributed by atoms with E-state index in [4.69, 9.17) is 52.1 Å². The number of esters is 1. The topological polar surface area (TPSA) is 679 Å². The summed E-state index contributed by atoms with van der Waals surface area (Å²) in [5.41, 5.74) is 0. The number of hydrogen-bond donors (Lipinski definition) is 20. The standard InChI is InChI=1S/C66H110N4O38/c1-6-7-8-9-10-11-12-13-14-15-16-17-18-19-35(81)34(67-29-76)28-98-59-51(90)50(89)54(43(27-75)101-59)102-60-52(91)58(47(86)40(24-72)100-60)108-66(63(96)97)22-37(83)45(69-31(3)78)56(106-66)49(88)41(25-73)103-64(61(92)93)20-36(82)44(68-30(2)77)55(105-64)48(87)42(26-74)104-65(62(94)95)21-38(84)46(70-32(4)79)57(107-65)53(39(85)23-71)99-33(5)80/h18-19,29,34-60,71-75,81-91H,6-17,20-28H2,1-5H3,(H,67,76)(H,68,77)(H,69,78)(H,70,79)(H,92,93)(H,94,95)(H,96,97)/p-3/b19-18+/t34-,35+,36-,37-,38-,39+,40+,41+,42+,43+,44+,45+,46+,47-,48+,49+,50+,51+,52+,53+,54+,55+,56+,57+,58-,59+,60-,64+,65+,66-/m0/s1. The fourth-order valence-electron chi connectivity index (χ4n) is 13.6. The molecule has 0 aliphatic carbocycles. The normalized spacial score (nSPS) is 35.4. The third-order valence-corrected chi connectivity index (χ3v) is 19.1. The van der Waals surface area contributed by atoms with Gasteiger partial charge in [-0.2, -0.15) is 0 Å². The van der Waals surface area contributed by atoms with E-state index < -0.39 is 283 Å². The van der Waals surface area contributed by atoms with E-state index >= 15 is 0 Å². The van der Waals surface area contributed by atoms with Crippen LogP contribution in [0.2, 0.25) is 0 Å². The molecule has 0 bridgehead atoms. The Bertz CT molecular complexity index is 2870. The molecule has 30 atom stereocenters. The van der Waals surface area contributed by atoms with Crippen LogP contribution in [0.1, 0.15) is 131 Å². The molecule has 0 aromatic rings. The smallest absolute Gasteiger partial charge is 0.303 e. The number of carbonyl (C=O) groups is 8. The molecule has 622 valence electrons. The number of aliphatic hydroxyl groups excluding tert-OH is 16. The van der Waals surface area contributed by atoms with Gasteiger partial charge in [-0.25, -0.2) is 0 Å². The maximum Gasteiger partial charge on any atom is 0.303 e. The van der Waals surface area contributed by atoms with E-state index in [-0.39, 0.29) is 6.41 Å². The van der Waals surface area contributed by atoms with E-state index in [2.05, 4.69) is 28.2 Å². The first-order chi connectivity index (χ1) is 51.0. The van der Waals surface area contributed by atoms with Crippen LogP contribution in [-0.2, 0) is 90.5 Å². The predicted molar refractivity (Wildman–Crippen MR) is 348 cm³/mol. The summed E-state index contributed by atoms with van der Waals surface area (Å²) in [7, 11) is 0. The van der Waals surface area contributed by atoms with Gasteiger partial charge < -0.3 is 185 Å². The van der Waals surface area contributed by atoms with Crippen molar-refractivity contribution in [3.8, 4) is 0 Å². The molecular formula is C66H107N4O38-3. The van der Waals surface area contributed by atoms with Gasteiger partial charge in [0.15, 0.2) is 18.7 Å². The number of nitrogens with one attached hydrogen (secondary N) is 4. The molecule has 0 aromatic carbocycles. The monoisotopic (exact) mass is 1560 g/mol. The maximum absolute atomic E-state index is 13.6. The summed E-state index contributed by atoms with van der Waals surface area (Å²) in [6, 6.07) is -7.23. The summed E-state index contributed by atoms with van der Waals surface area (Å²) < 4.78 is 62.1. The van der Waals surface area contributed by atoms with Gasteiger partial charge in [-0.05, 0) is 12.8 Å². The van der Waals surface area contributed by atoms with Crippen molar-refractivity contribution in [1.29, 1.82) is 0 Å². The van der Waals surface area contributed by atoms with Crippen LogP contribution in [0, 0.1) is 0 Å². The molecule has 42 heteroatoms. The summed E-state index contributed by atoms with van der Waals surface area (Å²) in [6.07, 6.45) is -40.7. The van der Waals surface area contributed by atoms with E-state index in [1.807, 2.05) is 0 Å². The number of aliphatic carboxylic acids is 3. The van der Waals surface area contributed by atoms with Gasteiger partial charge in [-0.1, -0.05) is 83.3 Å². The lowest BCUT2D eigenvalue weighted by atomic mass is 9.86. The Morgan fingerprint density at radius 3 is 1.40 bits per heavy atom. The molecule has 0 radical (unpaired) electrons. The molecule has 5 aliphatic rings. The van der Waals surface area contributed by atoms with Crippen molar-refractivity contribution >= 4 is 48.0 Å². The molecule has 5 aliphatic heterocycles. The number of hydrogen-bond acceptors (Lipinski definition) is 38. The minimum Gasteiger partial charge on any atom is -0.544 e. The van der Waals surface area contributed by atoms with Gasteiger partial charge in [0.1, 0.15) is 116 Å². The Labute approximate surface area is 620 Å². The highest BCUT2D eigenvalue weighted by molar-refractivity contribution is 5.77. The number of carbonyl (C=O) groups excluding carboxylic acids is 8. The molecule has 5 rings (SSSR count). The Kier molecular flexibility index (Phi) is 37.5. The lowest BCUT2D eigenvalue weighted by Crippen LogP contribution is -2.73. The summed E-state index contributed by atoms with van der Waals surface area (Å²) in [6.45, 7) is -1.88. The molecular weight excluding hydrogens is 1460 g/mol. The molecule has 5 heterocycles. The first-order valence-corrected chi connectivity index (χ1v) is 35.7. The quantitative estimate of drug-likeness (QED) is 0.0116. The zero-order valence-electron chi connectivity index (χ0n) is 60.3. The Morgan fingerprint density at radius 2 is 0.972 bits per heavy atom. The van der Waals surface area contributed by atoms with Crippen molar-refractivity contribution in [2.24, 2.45) is 0 Å². The van der Waals surface area contributed by atoms with E-state index in [0.29, 0.717) is 6.42 Å². The second-order valence-corrected chi connectivity index (χ2v) is 27.4. The van der Waals surface area contributed by atoms with Crippen LogP contribution >= 0.6 is 0 Å². The number of rotatable bonds is 45. The molecule has 5 fully saturated rings. The van der Waals surface area contributed by atoms with Crippen LogP contribution in [0.5, 0.6) is 0 Å². The first-order valence-electron chi connectivity index (χ1n) is 35.7. The van der Waals surface area contributed by atoms with Crippen LogP contribution in [0.3, 0.4) is 0 Å². The molecule has 4 amide bonds. The van der Waals surface area contributed by atoms with Gasteiger partial charge in [0.2, 0.25) is 41.5 Å². The van der Waals surface area contributed by atoms with E-state index in [1.165, 1.54) is 44.6 Å². The van der Waals surface area contributed by atoms with Crippen molar-refractivity contribution in [3.63, 3.8) is 0 Å². The summed E-state index contributed by atoms with van der Waals surface area (Å²) in [4.78, 5) is 102. The van der Waals surface area contributed by atoms with Gasteiger partial charge in [0, 0.05) is 47.0 Å². The third kappa shape index (κ3) is 24.2. The highest BCUT2D eigenvalue weighted by Crippen LogP contribution is 2.42. The van der Waals surface area contributed by atoms with Crippen LogP contribution in [-0.4, -0.2) is 352 Å². The number of carboxylic acids is 3. The second kappa shape index (κ2) is 43.5. The van der Waals surface area contributed by atoms with Gasteiger partial charge in [-0.15, -0.1) is 0 Å². The van der Waals surface area contributed by atoms with Crippen molar-refractivity contribution in [3.05, 3.63) is 12.2 Å². The van der Waals surface area contributed by atoms with Crippen LogP contribution in [0.4, 0.5) is 0 Å². The zero-order chi connectivity index (χ0) is 80.7. The van der Waals surface area contributed by atoms with E-state index in [9.17, 15) is 135 Å². The van der Waals surface area contributed by atoms with Gasteiger partial charge in [0.05, 0.1) is 88.2 Å². The third-order valence-electron chi connectivity index (χ3n) is 19.1. The van der Waals surface area contributed by atoms with Crippen LogP contribution in [0.15, 0.2) is 12.2 Å². The fourth-order valence-corrected chi connectivity index (χ4v) is 13.6. The van der Waals surface area contributed by atoms with Gasteiger partial charge in [0.25, 0.3) is 0 Å². The van der Waals surface area contributed by atoms with Crippen LogP contribution in [0.25, 0.3) is 0 Å². The summed E-state index contributed by atoms with van der Waals surface area (Å²) in [5, 5.41) is 229.